The maximum absolute atomic E-state index is 12.9. The highest BCUT2D eigenvalue weighted by molar-refractivity contribution is 5.93. The summed E-state index contributed by atoms with van der Waals surface area (Å²) in [5.41, 5.74) is 6.13. The van der Waals surface area contributed by atoms with Gasteiger partial charge in [0, 0.05) is 6.42 Å². The predicted octanol–water partition coefficient (Wildman–Crippen LogP) is -1.53. The molecule has 3 unspecified atom stereocenters. The predicted molar refractivity (Wildman–Crippen MR) is 111 cm³/mol. The van der Waals surface area contributed by atoms with E-state index in [1.165, 1.54) is 12.1 Å². The zero-order chi connectivity index (χ0) is 23.6. The zero-order valence-electron chi connectivity index (χ0n) is 17.5. The van der Waals surface area contributed by atoms with Gasteiger partial charge in [-0.15, -0.1) is 0 Å². The molecule has 172 valence electrons. The lowest BCUT2D eigenvalue weighted by atomic mass is 10.0. The van der Waals surface area contributed by atoms with Gasteiger partial charge in [-0.3, -0.25) is 19.2 Å². The number of amides is 3. The summed E-state index contributed by atoms with van der Waals surface area (Å²) in [7, 11) is 0. The van der Waals surface area contributed by atoms with E-state index in [4.69, 9.17) is 15.9 Å². The number of carbonyl (C=O) groups is 4. The molecule has 1 aromatic carbocycles. The number of nitrogens with one attached hydrogen (secondary N) is 3. The Labute approximate surface area is 180 Å². The van der Waals surface area contributed by atoms with E-state index in [0.29, 0.717) is 5.56 Å². The highest BCUT2D eigenvalue weighted by atomic mass is 16.4. The number of carboxylic acids is 1. The lowest BCUT2D eigenvalue weighted by Gasteiger charge is -2.25. The molecular weight excluding hydrogens is 408 g/mol. The minimum atomic E-state index is -1.24. The summed E-state index contributed by atoms with van der Waals surface area (Å²) in [6.45, 7) is 2.45. The SMILES string of the molecule is CC(C)CC(NC(=O)C(Cc1ccc(O)cc1)NC(=O)C(N)CO)C(=O)NCC(=O)O. The monoisotopic (exact) mass is 438 g/mol. The number of carbonyl (C=O) groups excluding carboxylic acids is 3. The number of hydrogen-bond acceptors (Lipinski definition) is 7. The summed E-state index contributed by atoms with van der Waals surface area (Å²) >= 11 is 0. The fraction of sp³-hybridized carbons (Fsp3) is 0.500. The van der Waals surface area contributed by atoms with E-state index < -0.39 is 55.0 Å². The van der Waals surface area contributed by atoms with Crippen LogP contribution in [0.25, 0.3) is 0 Å². The first kappa shape index (κ1) is 25.9. The van der Waals surface area contributed by atoms with Crippen LogP contribution >= 0.6 is 0 Å². The number of nitrogens with two attached hydrogens (primary N) is 1. The number of aliphatic hydroxyl groups is 1. The molecule has 0 saturated heterocycles. The van der Waals surface area contributed by atoms with Gasteiger partial charge in [-0.2, -0.15) is 0 Å². The molecule has 0 saturated carbocycles. The normalized spacial score (nSPS) is 13.7. The number of rotatable bonds is 12. The molecule has 0 spiro atoms. The Bertz CT molecular complexity index is 767. The van der Waals surface area contributed by atoms with Crippen molar-refractivity contribution in [3.63, 3.8) is 0 Å². The lowest BCUT2D eigenvalue weighted by molar-refractivity contribution is -0.138. The van der Waals surface area contributed by atoms with Gasteiger partial charge < -0.3 is 37.0 Å². The van der Waals surface area contributed by atoms with Crippen LogP contribution in [-0.2, 0) is 25.6 Å². The fourth-order valence-electron chi connectivity index (χ4n) is 2.70. The van der Waals surface area contributed by atoms with Crippen molar-refractivity contribution in [2.24, 2.45) is 11.7 Å². The van der Waals surface area contributed by atoms with Crippen molar-refractivity contribution >= 4 is 23.7 Å². The molecule has 3 amide bonds. The van der Waals surface area contributed by atoms with Crippen molar-refractivity contribution in [2.45, 2.75) is 44.8 Å². The van der Waals surface area contributed by atoms with Gasteiger partial charge in [-0.25, -0.2) is 0 Å². The summed E-state index contributed by atoms with van der Waals surface area (Å²) in [6, 6.07) is 2.60. The topological polar surface area (TPSA) is 191 Å². The number of phenols is 1. The van der Waals surface area contributed by atoms with E-state index in [1.54, 1.807) is 12.1 Å². The van der Waals surface area contributed by atoms with Gasteiger partial charge >= 0.3 is 5.97 Å². The van der Waals surface area contributed by atoms with E-state index in [9.17, 15) is 24.3 Å². The Hall–Kier alpha value is -3.18. The second kappa shape index (κ2) is 12.5. The number of aliphatic carboxylic acids is 1. The van der Waals surface area contributed by atoms with Crippen molar-refractivity contribution < 1.29 is 34.5 Å². The third kappa shape index (κ3) is 9.45. The summed E-state index contributed by atoms with van der Waals surface area (Å²) < 4.78 is 0. The third-order valence-electron chi connectivity index (χ3n) is 4.30. The lowest BCUT2D eigenvalue weighted by Crippen LogP contribution is -2.57. The molecule has 8 N–H and O–H groups in total. The van der Waals surface area contributed by atoms with Crippen LogP contribution in [0.1, 0.15) is 25.8 Å². The number of benzene rings is 1. The minimum absolute atomic E-state index is 0.00817. The molecule has 11 heteroatoms. The molecular formula is C20H30N4O7. The van der Waals surface area contributed by atoms with E-state index >= 15 is 0 Å². The molecule has 0 aliphatic heterocycles. The Balaban J connectivity index is 3.01. The van der Waals surface area contributed by atoms with Crippen LogP contribution in [0.4, 0.5) is 0 Å². The largest absolute Gasteiger partial charge is 0.508 e. The van der Waals surface area contributed by atoms with Gasteiger partial charge in [0.25, 0.3) is 0 Å². The highest BCUT2D eigenvalue weighted by Gasteiger charge is 2.28. The van der Waals surface area contributed by atoms with Crippen molar-refractivity contribution in [1.29, 1.82) is 0 Å². The summed E-state index contributed by atoms with van der Waals surface area (Å²) in [6.07, 6.45) is 0.272. The highest BCUT2D eigenvalue weighted by Crippen LogP contribution is 2.12. The van der Waals surface area contributed by atoms with Crippen LogP contribution < -0.4 is 21.7 Å². The Kier molecular flexibility index (Phi) is 10.4. The smallest absolute Gasteiger partial charge is 0.322 e. The molecule has 0 bridgehead atoms. The van der Waals surface area contributed by atoms with Gasteiger partial charge in [-0.05, 0) is 30.0 Å². The molecule has 0 fully saturated rings. The van der Waals surface area contributed by atoms with Gasteiger partial charge in [-0.1, -0.05) is 26.0 Å². The van der Waals surface area contributed by atoms with E-state index in [-0.39, 0.29) is 24.5 Å². The minimum Gasteiger partial charge on any atom is -0.508 e. The quantitative estimate of drug-likeness (QED) is 0.204. The van der Waals surface area contributed by atoms with Crippen LogP contribution in [0.2, 0.25) is 0 Å². The Morgan fingerprint density at radius 2 is 1.55 bits per heavy atom. The molecule has 11 nitrogen and oxygen atoms in total. The van der Waals surface area contributed by atoms with E-state index in [2.05, 4.69) is 16.0 Å². The molecule has 1 rings (SSSR count). The number of aromatic hydroxyl groups is 1. The Morgan fingerprint density at radius 1 is 0.968 bits per heavy atom. The Morgan fingerprint density at radius 3 is 2.06 bits per heavy atom. The van der Waals surface area contributed by atoms with Gasteiger partial charge in [0.05, 0.1) is 6.61 Å². The molecule has 0 aliphatic rings. The second-order valence-electron chi connectivity index (χ2n) is 7.52. The third-order valence-corrected chi connectivity index (χ3v) is 4.30. The van der Waals surface area contributed by atoms with Gasteiger partial charge in [0.2, 0.25) is 17.7 Å². The number of hydrogen-bond donors (Lipinski definition) is 7. The molecule has 0 radical (unpaired) electrons. The molecule has 0 aliphatic carbocycles. The zero-order valence-corrected chi connectivity index (χ0v) is 17.5. The van der Waals surface area contributed by atoms with E-state index in [1.807, 2.05) is 13.8 Å². The van der Waals surface area contributed by atoms with Crippen LogP contribution in [-0.4, -0.2) is 70.3 Å². The summed E-state index contributed by atoms with van der Waals surface area (Å²) in [5.74, 6) is -3.28. The first-order valence-corrected chi connectivity index (χ1v) is 9.78. The average Bonchev–Trinajstić information content (AvgIpc) is 2.71. The average molecular weight is 438 g/mol. The van der Waals surface area contributed by atoms with Gasteiger partial charge in [0.1, 0.15) is 30.4 Å². The number of phenolic OH excluding ortho intramolecular Hbond substituents is 1. The van der Waals surface area contributed by atoms with E-state index in [0.717, 1.165) is 0 Å². The fourth-order valence-corrected chi connectivity index (χ4v) is 2.70. The van der Waals surface area contributed by atoms with Crippen molar-refractivity contribution in [3.05, 3.63) is 29.8 Å². The maximum Gasteiger partial charge on any atom is 0.322 e. The number of carboxylic acid groups (broad SMARTS) is 1. The molecule has 31 heavy (non-hydrogen) atoms. The van der Waals surface area contributed by atoms with Crippen molar-refractivity contribution in [1.82, 2.24) is 16.0 Å². The van der Waals surface area contributed by atoms with Crippen LogP contribution in [0.5, 0.6) is 5.75 Å². The molecule has 3 atom stereocenters. The standard InChI is InChI=1S/C20H30N4O7/c1-11(2)7-15(19(30)22-9-17(27)28)24-20(31)16(23-18(29)14(21)10-25)8-12-3-5-13(26)6-4-12/h3-6,11,14-16,25-26H,7-10,21H2,1-2H3,(H,22,30)(H,23,29)(H,24,31)(H,27,28). The van der Waals surface area contributed by atoms with Crippen molar-refractivity contribution in [2.75, 3.05) is 13.2 Å². The molecule has 0 heterocycles. The summed E-state index contributed by atoms with van der Waals surface area (Å²) in [4.78, 5) is 48.1. The first-order chi connectivity index (χ1) is 14.5. The number of aliphatic hydroxyl groups excluding tert-OH is 1. The molecule has 0 aromatic heterocycles. The molecule has 1 aromatic rings. The van der Waals surface area contributed by atoms with Crippen LogP contribution in [0.3, 0.4) is 0 Å². The van der Waals surface area contributed by atoms with Crippen LogP contribution in [0, 0.1) is 5.92 Å². The van der Waals surface area contributed by atoms with Crippen molar-refractivity contribution in [3.8, 4) is 5.75 Å². The van der Waals surface area contributed by atoms with Crippen LogP contribution in [0.15, 0.2) is 24.3 Å². The second-order valence-corrected chi connectivity index (χ2v) is 7.52. The van der Waals surface area contributed by atoms with Gasteiger partial charge in [0.15, 0.2) is 0 Å². The maximum atomic E-state index is 12.9. The first-order valence-electron chi connectivity index (χ1n) is 9.78. The summed E-state index contributed by atoms with van der Waals surface area (Å²) in [5, 5.41) is 34.5.